The predicted molar refractivity (Wildman–Crippen MR) is 99.0 cm³/mol. The average molecular weight is 352 g/mol. The molecule has 0 saturated carbocycles. The maximum atomic E-state index is 12.2. The van der Waals surface area contributed by atoms with E-state index < -0.39 is 0 Å². The van der Waals surface area contributed by atoms with Crippen LogP contribution < -0.4 is 0 Å². The predicted octanol–water partition coefficient (Wildman–Crippen LogP) is 2.02. The fourth-order valence-corrected chi connectivity index (χ4v) is 5.29. The van der Waals surface area contributed by atoms with Crippen LogP contribution in [-0.2, 0) is 11.2 Å². The average Bonchev–Trinajstić information content (AvgIpc) is 3.14. The quantitative estimate of drug-likeness (QED) is 0.842. The van der Waals surface area contributed by atoms with Gasteiger partial charge in [0.15, 0.2) is 0 Å². The zero-order chi connectivity index (χ0) is 18.0. The first-order valence-corrected chi connectivity index (χ1v) is 9.37. The molecule has 2 aliphatic heterocycles. The molecule has 136 valence electrons. The fraction of sp³-hybridized carbons (Fsp3) is 0.500. The van der Waals surface area contributed by atoms with Crippen molar-refractivity contribution in [3.63, 3.8) is 0 Å². The van der Waals surface area contributed by atoms with Crippen molar-refractivity contribution in [1.82, 2.24) is 19.7 Å². The largest absolute Gasteiger partial charge is 0.361 e. The number of nitrogens with one attached hydrogen (secondary N) is 1. The SMILES string of the molecule is CN1CC(=O)N(C[C@@H]2CC3c4cccc5[nH]cc(c45)C[C@H]3N(C)C2)C1=O. The molecule has 3 atom stereocenters. The van der Waals surface area contributed by atoms with Crippen LogP contribution >= 0.6 is 0 Å². The number of likely N-dealkylation sites (tertiary alicyclic amines) is 1. The van der Waals surface area contributed by atoms with Gasteiger partial charge in [-0.15, -0.1) is 0 Å². The number of nitrogens with zero attached hydrogens (tertiary/aromatic N) is 3. The summed E-state index contributed by atoms with van der Waals surface area (Å²) in [5.41, 5.74) is 4.05. The second kappa shape index (κ2) is 5.58. The van der Waals surface area contributed by atoms with E-state index in [-0.39, 0.29) is 18.5 Å². The van der Waals surface area contributed by atoms with Gasteiger partial charge < -0.3 is 14.8 Å². The van der Waals surface area contributed by atoms with Gasteiger partial charge in [0.2, 0.25) is 5.91 Å². The summed E-state index contributed by atoms with van der Waals surface area (Å²) >= 11 is 0. The number of amides is 3. The number of rotatable bonds is 2. The number of carbonyl (C=O) groups excluding carboxylic acids is 2. The smallest absolute Gasteiger partial charge is 0.326 e. The highest BCUT2D eigenvalue weighted by Gasteiger charge is 2.42. The molecule has 0 spiro atoms. The van der Waals surface area contributed by atoms with Gasteiger partial charge in [0.05, 0.1) is 0 Å². The molecule has 0 bridgehead atoms. The van der Waals surface area contributed by atoms with Crippen LogP contribution in [0.1, 0.15) is 23.5 Å². The number of fused-ring (bicyclic) bond motifs is 2. The number of likely N-dealkylation sites (N-methyl/N-ethyl adjacent to an activating group) is 2. The second-order valence-corrected chi connectivity index (χ2v) is 8.15. The lowest BCUT2D eigenvalue weighted by Crippen LogP contribution is -2.50. The summed E-state index contributed by atoms with van der Waals surface area (Å²) < 4.78 is 0. The maximum Gasteiger partial charge on any atom is 0.326 e. The monoisotopic (exact) mass is 352 g/mol. The number of benzene rings is 1. The molecule has 2 aromatic rings. The van der Waals surface area contributed by atoms with E-state index in [0.29, 0.717) is 24.4 Å². The van der Waals surface area contributed by atoms with Gasteiger partial charge in [-0.3, -0.25) is 9.69 Å². The number of urea groups is 1. The lowest BCUT2D eigenvalue weighted by molar-refractivity contribution is -0.126. The Morgan fingerprint density at radius 3 is 2.85 bits per heavy atom. The minimum Gasteiger partial charge on any atom is -0.361 e. The highest BCUT2D eigenvalue weighted by molar-refractivity contribution is 6.01. The molecule has 0 radical (unpaired) electrons. The first-order valence-electron chi connectivity index (χ1n) is 9.37. The maximum absolute atomic E-state index is 12.2. The number of H-pyrrole nitrogens is 1. The molecule has 5 rings (SSSR count). The molecule has 3 amide bonds. The van der Waals surface area contributed by atoms with E-state index in [9.17, 15) is 9.59 Å². The molecule has 6 nitrogen and oxygen atoms in total. The van der Waals surface area contributed by atoms with Crippen molar-refractivity contribution in [2.45, 2.75) is 24.8 Å². The Bertz CT molecular complexity index is 904. The normalized spacial score (nSPS) is 28.9. The van der Waals surface area contributed by atoms with Crippen LogP contribution in [-0.4, -0.2) is 71.4 Å². The number of piperidine rings is 1. The minimum absolute atomic E-state index is 0.0686. The zero-order valence-electron chi connectivity index (χ0n) is 15.2. The standard InChI is InChI=1S/C20H24N4O2/c1-22-9-12(10-24-18(25)11-23(2)20(24)26)6-15-14-4-3-5-16-19(14)13(8-21-16)7-17(15)22/h3-5,8,12,15,17,21H,6-7,9-11H2,1-2H3/t12-,15?,17-/m1/s1. The highest BCUT2D eigenvalue weighted by Crippen LogP contribution is 2.44. The molecule has 2 fully saturated rings. The van der Waals surface area contributed by atoms with E-state index in [1.807, 2.05) is 0 Å². The fourth-order valence-electron chi connectivity index (χ4n) is 5.29. The Morgan fingerprint density at radius 2 is 2.08 bits per heavy atom. The van der Waals surface area contributed by atoms with Crippen LogP contribution in [0.2, 0.25) is 0 Å². The van der Waals surface area contributed by atoms with Crippen molar-refractivity contribution in [3.05, 3.63) is 35.5 Å². The zero-order valence-corrected chi connectivity index (χ0v) is 15.2. The summed E-state index contributed by atoms with van der Waals surface area (Å²) in [5.74, 6) is 0.702. The van der Waals surface area contributed by atoms with E-state index in [1.54, 1.807) is 7.05 Å². The summed E-state index contributed by atoms with van der Waals surface area (Å²) in [5, 5.41) is 1.39. The second-order valence-electron chi connectivity index (χ2n) is 8.15. The van der Waals surface area contributed by atoms with Crippen LogP contribution in [0, 0.1) is 5.92 Å². The summed E-state index contributed by atoms with van der Waals surface area (Å²) in [4.78, 5) is 33.2. The Morgan fingerprint density at radius 1 is 1.23 bits per heavy atom. The third-order valence-electron chi connectivity index (χ3n) is 6.48. The van der Waals surface area contributed by atoms with Crippen molar-refractivity contribution in [2.24, 2.45) is 5.92 Å². The summed E-state index contributed by atoms with van der Waals surface area (Å²) in [6.45, 7) is 1.67. The molecule has 2 saturated heterocycles. The number of hydrogen-bond acceptors (Lipinski definition) is 3. The van der Waals surface area contributed by atoms with Crippen molar-refractivity contribution in [2.75, 3.05) is 33.7 Å². The lowest BCUT2D eigenvalue weighted by atomic mass is 9.72. The van der Waals surface area contributed by atoms with Gasteiger partial charge in [0.1, 0.15) is 6.54 Å². The number of hydrogen-bond donors (Lipinski definition) is 1. The van der Waals surface area contributed by atoms with Gasteiger partial charge in [-0.25, -0.2) is 4.79 Å². The van der Waals surface area contributed by atoms with Crippen molar-refractivity contribution in [1.29, 1.82) is 0 Å². The molecule has 1 N–H and O–H groups in total. The molecular formula is C20H24N4O2. The Labute approximate surface area is 152 Å². The Balaban J connectivity index is 1.44. The molecule has 3 aliphatic rings. The van der Waals surface area contributed by atoms with Crippen LogP contribution in [0.3, 0.4) is 0 Å². The van der Waals surface area contributed by atoms with E-state index in [2.05, 4.69) is 41.3 Å². The first kappa shape index (κ1) is 15.9. The number of aromatic nitrogens is 1. The van der Waals surface area contributed by atoms with Gasteiger partial charge in [0, 0.05) is 49.2 Å². The molecule has 26 heavy (non-hydrogen) atoms. The summed E-state index contributed by atoms with van der Waals surface area (Å²) in [6.07, 6.45) is 4.25. The van der Waals surface area contributed by atoms with Gasteiger partial charge in [-0.05, 0) is 43.0 Å². The van der Waals surface area contributed by atoms with Gasteiger partial charge >= 0.3 is 6.03 Å². The molecule has 1 aromatic heterocycles. The lowest BCUT2D eigenvalue weighted by Gasteiger charge is -2.46. The van der Waals surface area contributed by atoms with Crippen molar-refractivity contribution in [3.8, 4) is 0 Å². The molecule has 3 heterocycles. The third-order valence-corrected chi connectivity index (χ3v) is 6.48. The molecule has 1 unspecified atom stereocenters. The third kappa shape index (κ3) is 2.21. The van der Waals surface area contributed by atoms with E-state index in [1.165, 1.54) is 31.8 Å². The number of aromatic amines is 1. The first-order chi connectivity index (χ1) is 12.5. The molecule has 1 aliphatic carbocycles. The number of imide groups is 1. The molecule has 6 heteroatoms. The van der Waals surface area contributed by atoms with Crippen molar-refractivity contribution >= 4 is 22.8 Å². The summed E-state index contributed by atoms with van der Waals surface area (Å²) in [7, 11) is 3.87. The Kier molecular flexibility index (Phi) is 3.41. The van der Waals surface area contributed by atoms with Crippen LogP contribution in [0.15, 0.2) is 24.4 Å². The van der Waals surface area contributed by atoms with Gasteiger partial charge in [0.25, 0.3) is 0 Å². The van der Waals surface area contributed by atoms with Crippen LogP contribution in [0.25, 0.3) is 10.9 Å². The minimum atomic E-state index is -0.154. The van der Waals surface area contributed by atoms with E-state index >= 15 is 0 Å². The summed E-state index contributed by atoms with van der Waals surface area (Å²) in [6, 6.07) is 6.87. The van der Waals surface area contributed by atoms with E-state index in [0.717, 1.165) is 19.4 Å². The van der Waals surface area contributed by atoms with Crippen molar-refractivity contribution < 1.29 is 9.59 Å². The molecular weight excluding hydrogens is 328 g/mol. The van der Waals surface area contributed by atoms with E-state index in [4.69, 9.17) is 0 Å². The Hall–Kier alpha value is -2.34. The van der Waals surface area contributed by atoms with Crippen LogP contribution in [0.5, 0.6) is 0 Å². The number of carbonyl (C=O) groups is 2. The van der Waals surface area contributed by atoms with Gasteiger partial charge in [-0.1, -0.05) is 12.1 Å². The van der Waals surface area contributed by atoms with Crippen LogP contribution in [0.4, 0.5) is 4.79 Å². The highest BCUT2D eigenvalue weighted by atomic mass is 16.2. The topological polar surface area (TPSA) is 59.7 Å². The molecule has 1 aromatic carbocycles. The van der Waals surface area contributed by atoms with Gasteiger partial charge in [-0.2, -0.15) is 0 Å².